The minimum atomic E-state index is -3.49. The van der Waals surface area contributed by atoms with Crippen molar-refractivity contribution < 1.29 is 17.3 Å². The summed E-state index contributed by atoms with van der Waals surface area (Å²) in [6, 6.07) is 0.234. The maximum Gasteiger partial charge on any atom is 0.269 e. The molecule has 1 heterocycles. The molecule has 6 nitrogen and oxygen atoms in total. The van der Waals surface area contributed by atoms with Gasteiger partial charge in [-0.05, 0) is 32.1 Å². The highest BCUT2D eigenvalue weighted by atomic mass is 32.2. The molecule has 0 unspecified atom stereocenters. The zero-order valence-corrected chi connectivity index (χ0v) is 16.0. The fourth-order valence-corrected chi connectivity index (χ4v) is 5.21. The predicted octanol–water partition coefficient (Wildman–Crippen LogP) is 2.45. The average Bonchev–Trinajstić information content (AvgIpc) is 2.95. The fourth-order valence-electron chi connectivity index (χ4n) is 3.79. The highest BCUT2D eigenvalue weighted by Crippen LogP contribution is 2.23. The Morgan fingerprint density at radius 3 is 2.58 bits per heavy atom. The van der Waals surface area contributed by atoms with Crippen LogP contribution >= 0.6 is 0 Å². The number of nitrogens with zero attached hydrogens (tertiary/aromatic N) is 1. The minimum Gasteiger partial charge on any atom is -0.383 e. The first-order valence-electron chi connectivity index (χ1n) is 9.46. The predicted molar refractivity (Wildman–Crippen MR) is 95.2 cm³/mol. The lowest BCUT2D eigenvalue weighted by Gasteiger charge is -2.30. The van der Waals surface area contributed by atoms with E-state index in [-0.39, 0.29) is 17.9 Å². The Hall–Kier alpha value is -0.210. The standard InChI is InChI=1S/C17H34N2O4S/c1-3-8-15(18-19-12-7-9-16(19)13-22-2)14-24(20,21)23-17-10-5-4-6-11-17/h15-18H,3-14H2,1-2H3/t15-,16+/m1/s1. The van der Waals surface area contributed by atoms with Gasteiger partial charge in [-0.2, -0.15) is 8.42 Å². The van der Waals surface area contributed by atoms with Gasteiger partial charge in [-0.3, -0.25) is 9.61 Å². The van der Waals surface area contributed by atoms with Crippen molar-refractivity contribution >= 4 is 10.1 Å². The number of methoxy groups -OCH3 is 1. The van der Waals surface area contributed by atoms with Crippen LogP contribution in [0.4, 0.5) is 0 Å². The highest BCUT2D eigenvalue weighted by molar-refractivity contribution is 7.86. The van der Waals surface area contributed by atoms with Gasteiger partial charge in [0.15, 0.2) is 0 Å². The Morgan fingerprint density at radius 1 is 1.17 bits per heavy atom. The zero-order chi connectivity index (χ0) is 17.4. The first-order chi connectivity index (χ1) is 11.5. The van der Waals surface area contributed by atoms with Gasteiger partial charge in [-0.1, -0.05) is 32.6 Å². The van der Waals surface area contributed by atoms with Crippen molar-refractivity contribution in [2.75, 3.05) is 26.0 Å². The normalized spacial score (nSPS) is 25.2. The number of hydrogen-bond acceptors (Lipinski definition) is 6. The summed E-state index contributed by atoms with van der Waals surface area (Å²) in [5.41, 5.74) is 3.44. The maximum absolute atomic E-state index is 12.5. The van der Waals surface area contributed by atoms with Gasteiger partial charge in [0, 0.05) is 25.7 Å². The van der Waals surface area contributed by atoms with Gasteiger partial charge in [0.05, 0.1) is 18.5 Å². The minimum absolute atomic E-state index is 0.0491. The van der Waals surface area contributed by atoms with Crippen molar-refractivity contribution in [2.24, 2.45) is 0 Å². The molecule has 2 atom stereocenters. The molecule has 0 spiro atoms. The molecule has 0 aromatic carbocycles. The topological polar surface area (TPSA) is 67.9 Å². The van der Waals surface area contributed by atoms with E-state index in [1.807, 2.05) is 0 Å². The lowest BCUT2D eigenvalue weighted by Crippen LogP contribution is -2.51. The smallest absolute Gasteiger partial charge is 0.269 e. The third-order valence-corrected chi connectivity index (χ3v) is 6.34. The van der Waals surface area contributed by atoms with Crippen molar-refractivity contribution in [3.05, 3.63) is 0 Å². The molecule has 24 heavy (non-hydrogen) atoms. The number of rotatable bonds is 10. The molecule has 0 amide bonds. The number of ether oxygens (including phenoxy) is 1. The molecule has 2 aliphatic rings. The van der Waals surface area contributed by atoms with Crippen molar-refractivity contribution in [1.29, 1.82) is 0 Å². The van der Waals surface area contributed by atoms with Gasteiger partial charge >= 0.3 is 0 Å². The second-order valence-corrected chi connectivity index (χ2v) is 8.78. The third-order valence-electron chi connectivity index (χ3n) is 4.96. The summed E-state index contributed by atoms with van der Waals surface area (Å²) < 4.78 is 35.7. The van der Waals surface area contributed by atoms with E-state index < -0.39 is 10.1 Å². The summed E-state index contributed by atoms with van der Waals surface area (Å²) in [5, 5.41) is 2.17. The fraction of sp³-hybridized carbons (Fsp3) is 1.00. The van der Waals surface area contributed by atoms with Crippen molar-refractivity contribution in [2.45, 2.75) is 82.9 Å². The molecule has 7 heteroatoms. The molecule has 2 fully saturated rings. The van der Waals surface area contributed by atoms with Crippen LogP contribution in [0, 0.1) is 0 Å². The Kier molecular flexibility index (Phi) is 8.43. The molecule has 142 valence electrons. The Labute approximate surface area is 147 Å². The van der Waals surface area contributed by atoms with Crippen LogP contribution in [0.15, 0.2) is 0 Å². The second kappa shape index (κ2) is 10.1. The molecule has 1 aliphatic carbocycles. The summed E-state index contributed by atoms with van der Waals surface area (Å²) in [4.78, 5) is 0. The molecule has 0 radical (unpaired) electrons. The van der Waals surface area contributed by atoms with Gasteiger partial charge in [0.25, 0.3) is 10.1 Å². The van der Waals surface area contributed by atoms with Crippen molar-refractivity contribution in [3.8, 4) is 0 Å². The summed E-state index contributed by atoms with van der Waals surface area (Å²) >= 11 is 0. The van der Waals surface area contributed by atoms with Gasteiger partial charge in [0.1, 0.15) is 0 Å². The number of nitrogens with one attached hydrogen (secondary N) is 1. The van der Waals surface area contributed by atoms with Crippen molar-refractivity contribution in [3.63, 3.8) is 0 Å². The van der Waals surface area contributed by atoms with Crippen LogP contribution in [0.5, 0.6) is 0 Å². The molecule has 1 saturated heterocycles. The highest BCUT2D eigenvalue weighted by Gasteiger charge is 2.30. The summed E-state index contributed by atoms with van der Waals surface area (Å²) in [7, 11) is -1.78. The number of hydrazine groups is 1. The van der Waals surface area contributed by atoms with E-state index >= 15 is 0 Å². The molecular weight excluding hydrogens is 328 g/mol. The lowest BCUT2D eigenvalue weighted by molar-refractivity contribution is 0.0715. The van der Waals surface area contributed by atoms with Crippen LogP contribution in [0.25, 0.3) is 0 Å². The monoisotopic (exact) mass is 362 g/mol. The number of hydrogen-bond donors (Lipinski definition) is 1. The SMILES string of the molecule is CCC[C@H](CS(=O)(=O)OC1CCCCC1)NN1CCC[C@H]1COC. The quantitative estimate of drug-likeness (QED) is 0.602. The first-order valence-corrected chi connectivity index (χ1v) is 11.0. The Bertz CT molecular complexity index is 452. The maximum atomic E-state index is 12.5. The van der Waals surface area contributed by atoms with E-state index in [0.29, 0.717) is 12.6 Å². The van der Waals surface area contributed by atoms with Crippen molar-refractivity contribution in [1.82, 2.24) is 10.4 Å². The van der Waals surface area contributed by atoms with E-state index in [2.05, 4.69) is 17.4 Å². The molecule has 2 rings (SSSR count). The third kappa shape index (κ3) is 6.59. The summed E-state index contributed by atoms with van der Waals surface area (Å²) in [6.45, 7) is 3.70. The van der Waals surface area contributed by atoms with E-state index in [9.17, 15) is 8.42 Å². The molecule has 0 aromatic rings. The summed E-state index contributed by atoms with van der Waals surface area (Å²) in [5.74, 6) is 0.0491. The zero-order valence-electron chi connectivity index (χ0n) is 15.2. The molecular formula is C17H34N2O4S. The van der Waals surface area contributed by atoms with E-state index in [1.165, 1.54) is 6.42 Å². The van der Waals surface area contributed by atoms with Crippen LogP contribution in [0.3, 0.4) is 0 Å². The van der Waals surface area contributed by atoms with Crippen LogP contribution in [0.2, 0.25) is 0 Å². The average molecular weight is 363 g/mol. The first kappa shape index (κ1) is 20.1. The van der Waals surface area contributed by atoms with Crippen LogP contribution in [-0.4, -0.2) is 57.6 Å². The van der Waals surface area contributed by atoms with E-state index in [0.717, 1.165) is 57.9 Å². The molecule has 1 N–H and O–H groups in total. The summed E-state index contributed by atoms with van der Waals surface area (Å²) in [6.07, 6.45) is 8.93. The van der Waals surface area contributed by atoms with E-state index in [1.54, 1.807) is 7.11 Å². The van der Waals surface area contributed by atoms with E-state index in [4.69, 9.17) is 8.92 Å². The molecule has 1 aliphatic heterocycles. The molecule has 0 bridgehead atoms. The molecule has 0 aromatic heterocycles. The Morgan fingerprint density at radius 2 is 1.92 bits per heavy atom. The van der Waals surface area contributed by atoms with Crippen LogP contribution in [-0.2, 0) is 19.0 Å². The van der Waals surface area contributed by atoms with Gasteiger partial charge in [-0.25, -0.2) is 5.01 Å². The Balaban J connectivity index is 1.88. The second-order valence-electron chi connectivity index (χ2n) is 7.14. The molecule has 1 saturated carbocycles. The lowest BCUT2D eigenvalue weighted by atomic mass is 9.98. The van der Waals surface area contributed by atoms with Gasteiger partial charge in [-0.15, -0.1) is 0 Å². The largest absolute Gasteiger partial charge is 0.383 e. The van der Waals surface area contributed by atoms with Crippen LogP contribution < -0.4 is 5.43 Å². The van der Waals surface area contributed by atoms with Gasteiger partial charge in [0.2, 0.25) is 0 Å². The van der Waals surface area contributed by atoms with Gasteiger partial charge < -0.3 is 4.74 Å². The van der Waals surface area contributed by atoms with Crippen LogP contribution in [0.1, 0.15) is 64.7 Å².